The minimum Gasteiger partial charge on any atom is -0.362 e. The molecule has 0 saturated carbocycles. The normalized spacial score (nSPS) is 15.2. The lowest BCUT2D eigenvalue weighted by atomic mass is 10.1. The number of nitrogens with zero attached hydrogens (tertiary/aromatic N) is 4. The van der Waals surface area contributed by atoms with E-state index in [2.05, 4.69) is 69.1 Å². The van der Waals surface area contributed by atoms with Crippen molar-refractivity contribution in [3.63, 3.8) is 0 Å². The second-order valence-corrected chi connectivity index (χ2v) is 7.19. The van der Waals surface area contributed by atoms with Crippen molar-refractivity contribution in [3.8, 4) is 0 Å². The molecule has 1 aromatic heterocycles. The van der Waals surface area contributed by atoms with E-state index in [-0.39, 0.29) is 0 Å². The van der Waals surface area contributed by atoms with Crippen LogP contribution in [0.1, 0.15) is 23.7 Å². The molecule has 2 aromatic rings. The van der Waals surface area contributed by atoms with Crippen LogP contribution in [0.2, 0.25) is 0 Å². The maximum absolute atomic E-state index is 5.58. The van der Waals surface area contributed by atoms with Gasteiger partial charge in [0.2, 0.25) is 0 Å². The number of aryl methyl sites for hydroxylation is 1. The average molecular weight is 372 g/mol. The number of hydrogen-bond donors (Lipinski definition) is 1. The van der Waals surface area contributed by atoms with Gasteiger partial charge in [0, 0.05) is 57.1 Å². The molecular weight excluding hydrogens is 342 g/mol. The van der Waals surface area contributed by atoms with Gasteiger partial charge < -0.3 is 10.2 Å². The van der Waals surface area contributed by atoms with Gasteiger partial charge in [0.15, 0.2) is 5.11 Å². The van der Waals surface area contributed by atoms with E-state index in [1.54, 1.807) is 0 Å². The minimum atomic E-state index is 0.885. The molecule has 1 fully saturated rings. The third kappa shape index (κ3) is 4.83. The first-order valence-corrected chi connectivity index (χ1v) is 9.88. The second-order valence-electron chi connectivity index (χ2n) is 6.80. The molecule has 5 nitrogen and oxygen atoms in total. The number of aromatic nitrogens is 2. The number of rotatable bonds is 6. The number of piperazine rings is 1. The number of hydrogen-bond acceptors (Lipinski definition) is 3. The standard InChI is InChI=1S/C20H29N5S/c1-3-25-17(2)19(15-22-25)16-23-11-13-24(14-12-23)20(26)21-10-9-18-7-5-4-6-8-18/h4-8,15H,3,9-14,16H2,1-2H3,(H,21,26). The van der Waals surface area contributed by atoms with Crippen LogP contribution in [-0.2, 0) is 19.5 Å². The van der Waals surface area contributed by atoms with E-state index in [1.807, 2.05) is 6.20 Å². The van der Waals surface area contributed by atoms with Gasteiger partial charge in [-0.3, -0.25) is 9.58 Å². The van der Waals surface area contributed by atoms with E-state index in [9.17, 15) is 0 Å². The van der Waals surface area contributed by atoms with Gasteiger partial charge in [0.05, 0.1) is 6.20 Å². The van der Waals surface area contributed by atoms with E-state index in [4.69, 9.17) is 12.2 Å². The molecule has 1 aliphatic rings. The zero-order valence-corrected chi connectivity index (χ0v) is 16.6. The molecule has 1 N–H and O–H groups in total. The third-order valence-electron chi connectivity index (χ3n) is 5.09. The lowest BCUT2D eigenvalue weighted by molar-refractivity contribution is 0.174. The predicted molar refractivity (Wildman–Crippen MR) is 110 cm³/mol. The van der Waals surface area contributed by atoms with Crippen LogP contribution >= 0.6 is 12.2 Å². The van der Waals surface area contributed by atoms with Gasteiger partial charge in [0.1, 0.15) is 0 Å². The molecular formula is C20H29N5S. The van der Waals surface area contributed by atoms with Crippen LogP contribution < -0.4 is 5.32 Å². The van der Waals surface area contributed by atoms with Crippen LogP contribution in [0.5, 0.6) is 0 Å². The quantitative estimate of drug-likeness (QED) is 0.790. The lowest BCUT2D eigenvalue weighted by Gasteiger charge is -2.36. The van der Waals surface area contributed by atoms with Gasteiger partial charge in [-0.1, -0.05) is 30.3 Å². The first-order valence-electron chi connectivity index (χ1n) is 9.47. The Morgan fingerprint density at radius 3 is 2.54 bits per heavy atom. The molecule has 1 aliphatic heterocycles. The largest absolute Gasteiger partial charge is 0.362 e. The van der Waals surface area contributed by atoms with Crippen LogP contribution in [0.3, 0.4) is 0 Å². The van der Waals surface area contributed by atoms with Gasteiger partial charge in [-0.25, -0.2) is 0 Å². The van der Waals surface area contributed by atoms with Crippen molar-refractivity contribution in [1.82, 2.24) is 24.9 Å². The molecule has 0 radical (unpaired) electrons. The van der Waals surface area contributed by atoms with Crippen LogP contribution in [-0.4, -0.2) is 57.4 Å². The van der Waals surface area contributed by atoms with Crippen molar-refractivity contribution in [2.45, 2.75) is 33.4 Å². The van der Waals surface area contributed by atoms with Gasteiger partial charge in [-0.15, -0.1) is 0 Å². The van der Waals surface area contributed by atoms with Crippen molar-refractivity contribution in [3.05, 3.63) is 53.3 Å². The summed E-state index contributed by atoms with van der Waals surface area (Å²) in [5.41, 5.74) is 3.97. The molecule has 0 unspecified atom stereocenters. The number of benzene rings is 1. The molecule has 0 amide bonds. The Hall–Kier alpha value is -1.92. The number of thiocarbonyl (C=S) groups is 1. The van der Waals surface area contributed by atoms with E-state index in [0.717, 1.165) is 57.3 Å². The highest BCUT2D eigenvalue weighted by Gasteiger charge is 2.20. The molecule has 140 valence electrons. The van der Waals surface area contributed by atoms with Gasteiger partial charge in [0.25, 0.3) is 0 Å². The smallest absolute Gasteiger partial charge is 0.169 e. The lowest BCUT2D eigenvalue weighted by Crippen LogP contribution is -2.51. The molecule has 0 aliphatic carbocycles. The summed E-state index contributed by atoms with van der Waals surface area (Å²) in [6.07, 6.45) is 3.02. The minimum absolute atomic E-state index is 0.885. The fraction of sp³-hybridized carbons (Fsp3) is 0.500. The molecule has 2 heterocycles. The molecule has 0 atom stereocenters. The average Bonchev–Trinajstić information content (AvgIpc) is 3.03. The summed E-state index contributed by atoms with van der Waals surface area (Å²) in [5, 5.41) is 8.75. The molecule has 0 spiro atoms. The van der Waals surface area contributed by atoms with E-state index in [0.29, 0.717) is 0 Å². The topological polar surface area (TPSA) is 36.3 Å². The van der Waals surface area contributed by atoms with Crippen LogP contribution in [0.4, 0.5) is 0 Å². The van der Waals surface area contributed by atoms with Gasteiger partial charge in [-0.2, -0.15) is 5.10 Å². The van der Waals surface area contributed by atoms with Crippen molar-refractivity contribution >= 4 is 17.3 Å². The zero-order chi connectivity index (χ0) is 18.4. The first kappa shape index (κ1) is 18.9. The summed E-state index contributed by atoms with van der Waals surface area (Å²) in [6.45, 7) is 11.1. The predicted octanol–water partition coefficient (Wildman–Crippen LogP) is 2.45. The Kier molecular flexibility index (Phi) is 6.63. The van der Waals surface area contributed by atoms with Crippen molar-refractivity contribution < 1.29 is 0 Å². The van der Waals surface area contributed by atoms with Gasteiger partial charge in [-0.05, 0) is 38.0 Å². The van der Waals surface area contributed by atoms with Crippen LogP contribution in [0.15, 0.2) is 36.5 Å². The summed E-state index contributed by atoms with van der Waals surface area (Å²) in [6, 6.07) is 10.5. The molecule has 1 aromatic carbocycles. The Labute approximate surface area is 162 Å². The van der Waals surface area contributed by atoms with Crippen LogP contribution in [0, 0.1) is 6.92 Å². The highest BCUT2D eigenvalue weighted by Crippen LogP contribution is 2.12. The van der Waals surface area contributed by atoms with Crippen molar-refractivity contribution in [2.75, 3.05) is 32.7 Å². The molecule has 3 rings (SSSR count). The summed E-state index contributed by atoms with van der Waals surface area (Å²) >= 11 is 5.58. The zero-order valence-electron chi connectivity index (χ0n) is 15.8. The molecule has 1 saturated heterocycles. The molecule has 0 bridgehead atoms. The van der Waals surface area contributed by atoms with Crippen molar-refractivity contribution in [2.24, 2.45) is 0 Å². The molecule has 26 heavy (non-hydrogen) atoms. The summed E-state index contributed by atoms with van der Waals surface area (Å²) in [4.78, 5) is 4.78. The Bertz CT molecular complexity index is 704. The molecule has 6 heteroatoms. The number of nitrogens with one attached hydrogen (secondary N) is 1. The summed E-state index contributed by atoms with van der Waals surface area (Å²) in [7, 11) is 0. The van der Waals surface area contributed by atoms with E-state index < -0.39 is 0 Å². The third-order valence-corrected chi connectivity index (χ3v) is 5.49. The maximum atomic E-state index is 5.58. The van der Waals surface area contributed by atoms with Gasteiger partial charge >= 0.3 is 0 Å². The SMILES string of the molecule is CCn1ncc(CN2CCN(C(=S)NCCc3ccccc3)CC2)c1C. The Morgan fingerprint density at radius 1 is 1.15 bits per heavy atom. The van der Waals surface area contributed by atoms with Crippen LogP contribution in [0.25, 0.3) is 0 Å². The highest BCUT2D eigenvalue weighted by molar-refractivity contribution is 7.80. The fourth-order valence-electron chi connectivity index (χ4n) is 3.38. The highest BCUT2D eigenvalue weighted by atomic mass is 32.1. The maximum Gasteiger partial charge on any atom is 0.169 e. The Morgan fingerprint density at radius 2 is 1.88 bits per heavy atom. The first-order chi connectivity index (χ1) is 12.7. The summed E-state index contributed by atoms with van der Waals surface area (Å²) in [5.74, 6) is 0. The second kappa shape index (κ2) is 9.14. The van der Waals surface area contributed by atoms with Crippen molar-refractivity contribution in [1.29, 1.82) is 0 Å². The Balaban J connectivity index is 1.40. The monoisotopic (exact) mass is 371 g/mol. The van der Waals surface area contributed by atoms with E-state index >= 15 is 0 Å². The fourth-order valence-corrected chi connectivity index (χ4v) is 3.66. The summed E-state index contributed by atoms with van der Waals surface area (Å²) < 4.78 is 2.07. The van der Waals surface area contributed by atoms with E-state index in [1.165, 1.54) is 16.8 Å².